The average Bonchev–Trinajstić information content (AvgIpc) is 2.08. The summed E-state index contributed by atoms with van der Waals surface area (Å²) >= 11 is 1.06. The molecule has 1 rings (SSSR count). The predicted molar refractivity (Wildman–Crippen MR) is 46.7 cm³/mol. The van der Waals surface area contributed by atoms with Crippen LogP contribution in [0.25, 0.3) is 0 Å². The molecule has 12 heavy (non-hydrogen) atoms. The van der Waals surface area contributed by atoms with Gasteiger partial charge in [0.2, 0.25) is 0 Å². The molecule has 0 aromatic heterocycles. The van der Waals surface area contributed by atoms with Crippen LogP contribution in [0.2, 0.25) is 1.02 Å². The average molecular weight is 192 g/mol. The van der Waals surface area contributed by atoms with E-state index in [0.717, 1.165) is 49.0 Å². The van der Waals surface area contributed by atoms with Crippen LogP contribution in [-0.4, -0.2) is 65.1 Å². The number of hydrogen-bond donors (Lipinski definition) is 2. The first kappa shape index (κ1) is 12.1. The fourth-order valence-electron chi connectivity index (χ4n) is 0.654. The third-order valence-electron chi connectivity index (χ3n) is 1.13. The molecule has 0 saturated heterocycles. The standard InChI is InChI=1S/C7H6O3.CH3.K/c8-6-4-2-1-3-5(6)7(9)10;;/h1-4,8H,(H,9,10);1H3;. The third kappa shape index (κ3) is 3.69. The van der Waals surface area contributed by atoms with Crippen LogP contribution >= 0.6 is 0 Å². The summed E-state index contributed by atoms with van der Waals surface area (Å²) in [4.78, 5) is 10.3. The number of benzene rings is 1. The van der Waals surface area contributed by atoms with E-state index in [1.54, 1.807) is 12.1 Å². The molecule has 1 aromatic rings. The first-order valence-electron chi connectivity index (χ1n) is 3.73. The predicted octanol–water partition coefficient (Wildman–Crippen LogP) is 1.29. The van der Waals surface area contributed by atoms with Crippen molar-refractivity contribution in [2.75, 3.05) is 0 Å². The third-order valence-corrected chi connectivity index (χ3v) is 1.13. The molecule has 0 radical (unpaired) electrons. The van der Waals surface area contributed by atoms with Crippen molar-refractivity contribution in [3.63, 3.8) is 0 Å². The van der Waals surface area contributed by atoms with Crippen molar-refractivity contribution < 1.29 is 15.0 Å². The normalized spacial score (nSPS) is 8.25. The van der Waals surface area contributed by atoms with Gasteiger partial charge in [0.15, 0.2) is 0 Å². The Bertz CT molecular complexity index is 260. The number of carbonyl (C=O) groups is 1. The van der Waals surface area contributed by atoms with Crippen molar-refractivity contribution in [1.82, 2.24) is 0 Å². The molecule has 0 fully saturated rings. The van der Waals surface area contributed by atoms with Gasteiger partial charge >= 0.3 is 55.9 Å². The minimum absolute atomic E-state index is 0.0671. The van der Waals surface area contributed by atoms with Crippen LogP contribution in [0.3, 0.4) is 0 Å². The number of aromatic hydroxyl groups is 1. The molecular weight excluding hydrogens is 183 g/mol. The van der Waals surface area contributed by atoms with E-state index in [0.29, 0.717) is 0 Å². The molecule has 0 saturated carbocycles. The Morgan fingerprint density at radius 2 is 1.83 bits per heavy atom. The summed E-state index contributed by atoms with van der Waals surface area (Å²) in [5.41, 5.74) is -0.0671. The molecule has 0 bridgehead atoms. The van der Waals surface area contributed by atoms with E-state index in [1.165, 1.54) is 12.1 Å². The zero-order valence-corrected chi connectivity index (χ0v) is 10.2. The van der Waals surface area contributed by atoms with Gasteiger partial charge in [-0.25, -0.2) is 4.79 Å². The molecular formula is C8H9KO3. The van der Waals surface area contributed by atoms with E-state index in [9.17, 15) is 4.79 Å². The van der Waals surface area contributed by atoms with E-state index in [-0.39, 0.29) is 11.3 Å². The second-order valence-corrected chi connectivity index (χ2v) is 1.82. The van der Waals surface area contributed by atoms with Crippen LogP contribution in [-0.2, 0) is 0 Å². The van der Waals surface area contributed by atoms with Crippen LogP contribution in [0.15, 0.2) is 24.3 Å². The second kappa shape index (κ2) is 6.62. The van der Waals surface area contributed by atoms with Crippen molar-refractivity contribution in [3.8, 4) is 5.75 Å². The zero-order chi connectivity index (χ0) is 9.56. The summed E-state index contributed by atoms with van der Waals surface area (Å²) in [5.74, 6) is -1.31. The molecule has 0 heterocycles. The van der Waals surface area contributed by atoms with Crippen LogP contribution in [0.4, 0.5) is 0 Å². The van der Waals surface area contributed by atoms with Crippen molar-refractivity contribution in [2.24, 2.45) is 0 Å². The van der Waals surface area contributed by atoms with Gasteiger partial charge < -0.3 is 10.2 Å². The Hall–Kier alpha value is 0.126. The Morgan fingerprint density at radius 3 is 2.17 bits per heavy atom. The summed E-state index contributed by atoms with van der Waals surface area (Å²) in [6.07, 6.45) is 0. The number of carboxylic acid groups (broad SMARTS) is 1. The van der Waals surface area contributed by atoms with Gasteiger partial charge in [-0.05, 0) is 12.1 Å². The van der Waals surface area contributed by atoms with Gasteiger partial charge in [-0.1, -0.05) is 12.1 Å². The number of para-hydroxylation sites is 1. The van der Waals surface area contributed by atoms with Gasteiger partial charge in [0, 0.05) is 0 Å². The fraction of sp³-hybridized carbons (Fsp3) is 0.125. The monoisotopic (exact) mass is 192 g/mol. The van der Waals surface area contributed by atoms with Gasteiger partial charge in [0.25, 0.3) is 0 Å². The molecule has 0 aliphatic carbocycles. The van der Waals surface area contributed by atoms with Gasteiger partial charge in [0.1, 0.15) is 11.3 Å². The fourth-order valence-corrected chi connectivity index (χ4v) is 0.654. The molecule has 0 spiro atoms. The molecule has 2 N–H and O–H groups in total. The molecule has 1 aromatic carbocycles. The summed E-state index contributed by atoms with van der Waals surface area (Å²) in [6.45, 7) is 0. The van der Waals surface area contributed by atoms with Gasteiger partial charge in [-0.3, -0.25) is 0 Å². The summed E-state index contributed by atoms with van der Waals surface area (Å²) in [5, 5.41) is 17.3. The molecule has 3 nitrogen and oxygen atoms in total. The number of hydrogen-bond acceptors (Lipinski definition) is 2. The second-order valence-electron chi connectivity index (χ2n) is 1.82. The van der Waals surface area contributed by atoms with Crippen LogP contribution in [0.5, 0.6) is 5.75 Å². The number of carboxylic acids is 1. The van der Waals surface area contributed by atoms with Crippen molar-refractivity contribution in [1.29, 1.82) is 0 Å². The first-order valence-corrected chi connectivity index (χ1v) is 6.85. The van der Waals surface area contributed by atoms with E-state index in [4.69, 9.17) is 10.2 Å². The van der Waals surface area contributed by atoms with E-state index in [1.807, 2.05) is 0 Å². The Morgan fingerprint density at radius 1 is 1.33 bits per heavy atom. The number of rotatable bonds is 1. The molecule has 0 unspecified atom stereocenters. The topological polar surface area (TPSA) is 57.5 Å². The first-order chi connectivity index (χ1) is 5.72. The molecule has 0 atom stereocenters. The van der Waals surface area contributed by atoms with Crippen molar-refractivity contribution in [2.45, 2.75) is 1.02 Å². The van der Waals surface area contributed by atoms with E-state index < -0.39 is 5.97 Å². The van der Waals surface area contributed by atoms with Crippen LogP contribution in [0, 0.1) is 0 Å². The van der Waals surface area contributed by atoms with Crippen molar-refractivity contribution >= 4 is 54.9 Å². The molecule has 0 amide bonds. The Labute approximate surface area is 105 Å². The summed E-state index contributed by atoms with van der Waals surface area (Å²) < 4.78 is 2.19. The molecule has 60 valence electrons. The van der Waals surface area contributed by atoms with Crippen LogP contribution < -0.4 is 0 Å². The van der Waals surface area contributed by atoms with E-state index >= 15 is 0 Å². The van der Waals surface area contributed by atoms with E-state index in [2.05, 4.69) is 1.02 Å². The molecule has 4 heteroatoms. The minimum atomic E-state index is -1.11. The van der Waals surface area contributed by atoms with Crippen molar-refractivity contribution in [3.05, 3.63) is 29.8 Å². The maximum absolute atomic E-state index is 10.3. The number of aromatic carboxylic acids is 1. The molecule has 0 aliphatic heterocycles. The Balaban J connectivity index is 0.000000561. The van der Waals surface area contributed by atoms with Crippen LogP contribution in [0.1, 0.15) is 10.4 Å². The van der Waals surface area contributed by atoms with Gasteiger partial charge in [0.05, 0.1) is 0 Å². The summed E-state index contributed by atoms with van der Waals surface area (Å²) in [6, 6.07) is 5.81. The maximum atomic E-state index is 10.3. The number of phenols is 1. The van der Waals surface area contributed by atoms with Gasteiger partial charge in [-0.2, -0.15) is 0 Å². The Kier molecular flexibility index (Phi) is 6.69. The molecule has 0 aliphatic rings. The quantitative estimate of drug-likeness (QED) is 0.659. The van der Waals surface area contributed by atoms with Gasteiger partial charge in [-0.15, -0.1) is 0 Å². The zero-order valence-electron chi connectivity index (χ0n) is 7.11. The SMILES string of the molecule is O=C(O)c1ccccc1O.[CH3][K]. The summed E-state index contributed by atoms with van der Waals surface area (Å²) in [7, 11) is 0.